The van der Waals surface area contributed by atoms with Crippen molar-refractivity contribution in [1.82, 2.24) is 9.97 Å². The van der Waals surface area contributed by atoms with E-state index in [9.17, 15) is 14.3 Å². The first-order valence-corrected chi connectivity index (χ1v) is 10.3. The number of primary amides is 1. The molecule has 4 aromatic rings. The van der Waals surface area contributed by atoms with Gasteiger partial charge in [0.2, 0.25) is 0 Å². The van der Waals surface area contributed by atoms with Crippen molar-refractivity contribution in [2.75, 3.05) is 18.0 Å². The summed E-state index contributed by atoms with van der Waals surface area (Å²) in [6.45, 7) is 1.20. The number of hydrogen-bond acceptors (Lipinski definition) is 4. The second kappa shape index (κ2) is 7.35. The third-order valence-electron chi connectivity index (χ3n) is 6.20. The minimum atomic E-state index is -0.781. The summed E-state index contributed by atoms with van der Waals surface area (Å²) < 4.78 is 14.0. The fourth-order valence-corrected chi connectivity index (χ4v) is 4.57. The second-order valence-corrected chi connectivity index (χ2v) is 8.30. The maximum Gasteiger partial charge on any atom is 0.252 e. The summed E-state index contributed by atoms with van der Waals surface area (Å²) in [4.78, 5) is 21.8. The van der Waals surface area contributed by atoms with E-state index >= 15 is 0 Å². The lowest BCUT2D eigenvalue weighted by Crippen LogP contribution is -2.46. The van der Waals surface area contributed by atoms with E-state index in [1.54, 1.807) is 6.07 Å². The number of rotatable bonds is 4. The van der Waals surface area contributed by atoms with Gasteiger partial charge in [-0.25, -0.2) is 9.37 Å². The van der Waals surface area contributed by atoms with Gasteiger partial charge in [-0.15, -0.1) is 0 Å². The number of anilines is 1. The molecule has 7 heteroatoms. The average molecular weight is 418 g/mol. The quantitative estimate of drug-likeness (QED) is 0.473. The topological polar surface area (TPSA) is 95.2 Å². The van der Waals surface area contributed by atoms with Gasteiger partial charge in [0.1, 0.15) is 11.6 Å². The van der Waals surface area contributed by atoms with E-state index in [1.165, 1.54) is 18.3 Å². The third-order valence-corrected chi connectivity index (χ3v) is 6.20. The van der Waals surface area contributed by atoms with Crippen molar-refractivity contribution in [3.63, 3.8) is 0 Å². The van der Waals surface area contributed by atoms with Gasteiger partial charge in [0.05, 0.1) is 22.1 Å². The van der Waals surface area contributed by atoms with Crippen molar-refractivity contribution in [1.29, 1.82) is 0 Å². The Morgan fingerprint density at radius 1 is 1.19 bits per heavy atom. The smallest absolute Gasteiger partial charge is 0.252 e. The maximum absolute atomic E-state index is 14.0. The first-order valence-electron chi connectivity index (χ1n) is 10.3. The third kappa shape index (κ3) is 3.51. The molecule has 1 saturated heterocycles. The highest BCUT2D eigenvalue weighted by Gasteiger charge is 2.34. The van der Waals surface area contributed by atoms with E-state index in [2.05, 4.69) is 14.9 Å². The zero-order valence-corrected chi connectivity index (χ0v) is 16.9. The van der Waals surface area contributed by atoms with E-state index in [1.807, 2.05) is 30.3 Å². The molecule has 1 aliphatic rings. The Labute approximate surface area is 178 Å². The summed E-state index contributed by atoms with van der Waals surface area (Å²) in [6.07, 6.45) is 3.23. The Balaban J connectivity index is 1.51. The van der Waals surface area contributed by atoms with Crippen LogP contribution in [0.25, 0.3) is 21.8 Å². The second-order valence-electron chi connectivity index (χ2n) is 8.30. The SMILES string of the molecule is NC(=O)c1cnc(N2CCC(O)(Cc3ccccc3)CC2)c2c1[nH]c1ccc(F)cc12. The van der Waals surface area contributed by atoms with Crippen LogP contribution in [0.1, 0.15) is 28.8 Å². The van der Waals surface area contributed by atoms with Crippen LogP contribution in [0, 0.1) is 5.82 Å². The standard InChI is InChI=1S/C24H23FN4O2/c25-16-6-7-19-17(12-16)20-21(28-19)18(22(26)30)14-27-23(20)29-10-8-24(31,9-11-29)13-15-4-2-1-3-5-15/h1-7,12,14,28,31H,8-11,13H2,(H2,26,30). The van der Waals surface area contributed by atoms with E-state index in [4.69, 9.17) is 5.73 Å². The number of carbonyl (C=O) groups excluding carboxylic acids is 1. The average Bonchev–Trinajstić information content (AvgIpc) is 3.13. The van der Waals surface area contributed by atoms with Crippen molar-refractivity contribution >= 4 is 33.5 Å². The molecule has 0 bridgehead atoms. The summed E-state index contributed by atoms with van der Waals surface area (Å²) in [6, 6.07) is 14.4. The van der Waals surface area contributed by atoms with Crippen molar-refractivity contribution in [3.05, 3.63) is 71.7 Å². The number of aliphatic hydroxyl groups is 1. The number of nitrogens with two attached hydrogens (primary N) is 1. The first-order chi connectivity index (χ1) is 14.9. The molecule has 2 aromatic carbocycles. The van der Waals surface area contributed by atoms with Crippen LogP contribution in [0.15, 0.2) is 54.7 Å². The molecule has 4 N–H and O–H groups in total. The predicted octanol–water partition coefficient (Wildman–Crippen LogP) is 3.53. The lowest BCUT2D eigenvalue weighted by Gasteiger charge is -2.39. The van der Waals surface area contributed by atoms with Gasteiger partial charge in [-0.3, -0.25) is 4.79 Å². The van der Waals surface area contributed by atoms with Crippen LogP contribution in [-0.4, -0.2) is 39.7 Å². The van der Waals surface area contributed by atoms with Crippen molar-refractivity contribution in [3.8, 4) is 0 Å². The highest BCUT2D eigenvalue weighted by molar-refractivity contribution is 6.18. The zero-order chi connectivity index (χ0) is 21.6. The number of carbonyl (C=O) groups is 1. The van der Waals surface area contributed by atoms with Crippen LogP contribution in [0.2, 0.25) is 0 Å². The van der Waals surface area contributed by atoms with E-state index < -0.39 is 11.5 Å². The summed E-state index contributed by atoms with van der Waals surface area (Å²) >= 11 is 0. The number of piperidine rings is 1. The van der Waals surface area contributed by atoms with E-state index in [0.717, 1.165) is 5.56 Å². The van der Waals surface area contributed by atoms with Crippen LogP contribution < -0.4 is 10.6 Å². The van der Waals surface area contributed by atoms with Crippen molar-refractivity contribution < 1.29 is 14.3 Å². The molecule has 1 amide bonds. The van der Waals surface area contributed by atoms with Crippen molar-refractivity contribution in [2.45, 2.75) is 24.9 Å². The Hall–Kier alpha value is -3.45. The first kappa shape index (κ1) is 19.5. The number of hydrogen-bond donors (Lipinski definition) is 3. The van der Waals surface area contributed by atoms with Gasteiger partial charge < -0.3 is 20.7 Å². The van der Waals surface area contributed by atoms with Gasteiger partial charge >= 0.3 is 0 Å². The number of H-pyrrole nitrogens is 1. The van der Waals surface area contributed by atoms with Crippen LogP contribution >= 0.6 is 0 Å². The fraction of sp³-hybridized carbons (Fsp3) is 0.250. The maximum atomic E-state index is 14.0. The number of halogens is 1. The number of aromatic amines is 1. The number of nitrogens with zero attached hydrogens (tertiary/aromatic N) is 2. The predicted molar refractivity (Wildman–Crippen MR) is 119 cm³/mol. The minimum Gasteiger partial charge on any atom is -0.389 e. The summed E-state index contributed by atoms with van der Waals surface area (Å²) in [5, 5.41) is 12.5. The van der Waals surface area contributed by atoms with E-state index in [0.29, 0.717) is 60.0 Å². The van der Waals surface area contributed by atoms with Crippen LogP contribution in [0.5, 0.6) is 0 Å². The summed E-state index contributed by atoms with van der Waals surface area (Å²) in [7, 11) is 0. The van der Waals surface area contributed by atoms with Crippen LogP contribution in [0.4, 0.5) is 10.2 Å². The Bertz CT molecular complexity index is 1280. The largest absolute Gasteiger partial charge is 0.389 e. The molecule has 5 rings (SSSR count). The molecule has 31 heavy (non-hydrogen) atoms. The van der Waals surface area contributed by atoms with Crippen LogP contribution in [0.3, 0.4) is 0 Å². The fourth-order valence-electron chi connectivity index (χ4n) is 4.57. The Kier molecular flexibility index (Phi) is 4.63. The molecule has 0 aliphatic carbocycles. The van der Waals surface area contributed by atoms with Gasteiger partial charge in [0.25, 0.3) is 5.91 Å². The molecule has 0 radical (unpaired) electrons. The number of nitrogens with one attached hydrogen (secondary N) is 1. The van der Waals surface area contributed by atoms with Crippen molar-refractivity contribution in [2.24, 2.45) is 5.73 Å². The highest BCUT2D eigenvalue weighted by Crippen LogP contribution is 2.37. The molecule has 1 aliphatic heterocycles. The van der Waals surface area contributed by atoms with Gasteiger partial charge in [-0.05, 0) is 36.6 Å². The number of aromatic nitrogens is 2. The molecule has 1 fully saturated rings. The molecular weight excluding hydrogens is 395 g/mol. The molecule has 2 aromatic heterocycles. The van der Waals surface area contributed by atoms with Gasteiger partial charge in [-0.1, -0.05) is 30.3 Å². The molecule has 0 saturated carbocycles. The van der Waals surface area contributed by atoms with Gasteiger partial charge in [0.15, 0.2) is 0 Å². The number of fused-ring (bicyclic) bond motifs is 3. The highest BCUT2D eigenvalue weighted by atomic mass is 19.1. The van der Waals surface area contributed by atoms with Gasteiger partial charge in [-0.2, -0.15) is 0 Å². The lowest BCUT2D eigenvalue weighted by atomic mass is 9.85. The number of amides is 1. The Morgan fingerprint density at radius 3 is 2.65 bits per heavy atom. The normalized spacial score (nSPS) is 16.1. The summed E-state index contributed by atoms with van der Waals surface area (Å²) in [5.41, 5.74) is 7.42. The Morgan fingerprint density at radius 2 is 1.94 bits per heavy atom. The zero-order valence-electron chi connectivity index (χ0n) is 16.9. The molecular formula is C24H23FN4O2. The molecule has 3 heterocycles. The van der Waals surface area contributed by atoms with E-state index in [-0.39, 0.29) is 11.4 Å². The minimum absolute atomic E-state index is 0.271. The van der Waals surface area contributed by atoms with Gasteiger partial charge in [0, 0.05) is 36.6 Å². The number of benzene rings is 2. The molecule has 0 atom stereocenters. The molecule has 0 unspecified atom stereocenters. The number of pyridine rings is 1. The molecule has 158 valence electrons. The summed E-state index contributed by atoms with van der Waals surface area (Å²) in [5.74, 6) is -0.287. The monoisotopic (exact) mass is 418 g/mol. The molecule has 0 spiro atoms. The lowest BCUT2D eigenvalue weighted by molar-refractivity contribution is 0.0165. The molecule has 6 nitrogen and oxygen atoms in total. The van der Waals surface area contributed by atoms with Crippen LogP contribution in [-0.2, 0) is 6.42 Å².